The van der Waals surface area contributed by atoms with Crippen molar-refractivity contribution in [3.8, 4) is 0 Å². The molecule has 1 saturated heterocycles. The lowest BCUT2D eigenvalue weighted by molar-refractivity contribution is -0.141. The quantitative estimate of drug-likeness (QED) is 0.514. The molecule has 0 saturated carbocycles. The van der Waals surface area contributed by atoms with E-state index >= 15 is 0 Å². The highest BCUT2D eigenvalue weighted by molar-refractivity contribution is 7.81. The number of amides is 1. The molecule has 1 rings (SSSR count). The van der Waals surface area contributed by atoms with Gasteiger partial charge in [-0.15, -0.1) is 0 Å². The number of carboxylic acids is 1. The van der Waals surface area contributed by atoms with Crippen LogP contribution < -0.4 is 0 Å². The number of hydrogen-bond donors (Lipinski definition) is 3. The van der Waals surface area contributed by atoms with Gasteiger partial charge in [-0.1, -0.05) is 0 Å². The molecule has 0 unspecified atom stereocenters. The summed E-state index contributed by atoms with van der Waals surface area (Å²) in [6, 6.07) is -0.926. The van der Waals surface area contributed by atoms with Gasteiger partial charge in [-0.05, 0) is 6.42 Å². The molecule has 0 bridgehead atoms. The topological polar surface area (TPSA) is 77.8 Å². The first-order valence-electron chi connectivity index (χ1n) is 3.43. The van der Waals surface area contributed by atoms with E-state index in [9.17, 15) is 9.59 Å². The summed E-state index contributed by atoms with van der Waals surface area (Å²) in [4.78, 5) is 21.9. The van der Waals surface area contributed by atoms with Crippen molar-refractivity contribution in [2.75, 3.05) is 6.54 Å². The molecule has 0 spiro atoms. The van der Waals surface area contributed by atoms with Gasteiger partial charge in [-0.3, -0.25) is 4.90 Å². The number of thiol groups is 1. The van der Waals surface area contributed by atoms with Crippen molar-refractivity contribution in [2.45, 2.75) is 17.7 Å². The van der Waals surface area contributed by atoms with E-state index < -0.39 is 18.1 Å². The highest BCUT2D eigenvalue weighted by Gasteiger charge is 2.38. The number of carbonyl (C=O) groups is 2. The van der Waals surface area contributed by atoms with Gasteiger partial charge in [-0.2, -0.15) is 12.6 Å². The molecule has 0 radical (unpaired) electrons. The lowest BCUT2D eigenvalue weighted by Gasteiger charge is -2.16. The van der Waals surface area contributed by atoms with Crippen LogP contribution in [0, 0.1) is 0 Å². The fourth-order valence-electron chi connectivity index (χ4n) is 1.26. The largest absolute Gasteiger partial charge is 0.480 e. The lowest BCUT2D eigenvalue weighted by atomic mass is 10.2. The first kappa shape index (κ1) is 9.18. The predicted octanol–water partition coefficient (Wildman–Crippen LogP) is 0.122. The van der Waals surface area contributed by atoms with Crippen LogP contribution in [-0.4, -0.2) is 45.0 Å². The van der Waals surface area contributed by atoms with E-state index in [0.29, 0.717) is 0 Å². The molecule has 5 nitrogen and oxygen atoms in total. The Hall–Kier alpha value is -0.910. The zero-order valence-corrected chi connectivity index (χ0v) is 7.07. The Balaban J connectivity index is 2.72. The summed E-state index contributed by atoms with van der Waals surface area (Å²) in [6.45, 7) is 0.190. The van der Waals surface area contributed by atoms with E-state index in [-0.39, 0.29) is 18.2 Å². The average molecular weight is 191 g/mol. The van der Waals surface area contributed by atoms with E-state index in [2.05, 4.69) is 12.6 Å². The summed E-state index contributed by atoms with van der Waals surface area (Å²) < 4.78 is 0. The number of likely N-dealkylation sites (tertiary alicyclic amines) is 1. The van der Waals surface area contributed by atoms with Gasteiger partial charge < -0.3 is 10.2 Å². The highest BCUT2D eigenvalue weighted by Crippen LogP contribution is 2.21. The molecule has 1 heterocycles. The Kier molecular flexibility index (Phi) is 2.46. The molecule has 1 fully saturated rings. The van der Waals surface area contributed by atoms with Crippen LogP contribution in [0.2, 0.25) is 0 Å². The monoisotopic (exact) mass is 191 g/mol. The second-order valence-corrected chi connectivity index (χ2v) is 3.41. The van der Waals surface area contributed by atoms with Gasteiger partial charge in [-0.25, -0.2) is 9.59 Å². The number of carboxylic acid groups (broad SMARTS) is 2. The second kappa shape index (κ2) is 3.22. The van der Waals surface area contributed by atoms with Gasteiger partial charge >= 0.3 is 12.1 Å². The maximum Gasteiger partial charge on any atom is 0.408 e. The SMILES string of the molecule is O=C(O)[C@@H]1C[C@@H](S)CN1C(=O)O. The fraction of sp³-hybridized carbons (Fsp3) is 0.667. The maximum atomic E-state index is 10.5. The van der Waals surface area contributed by atoms with Crippen LogP contribution in [0.5, 0.6) is 0 Å². The average Bonchev–Trinajstić information content (AvgIpc) is 2.31. The summed E-state index contributed by atoms with van der Waals surface area (Å²) >= 11 is 4.03. The third-order valence-electron chi connectivity index (χ3n) is 1.81. The smallest absolute Gasteiger partial charge is 0.408 e. The number of hydrogen-bond acceptors (Lipinski definition) is 3. The molecular weight excluding hydrogens is 182 g/mol. The number of aliphatic carboxylic acids is 1. The molecule has 2 atom stereocenters. The summed E-state index contributed by atoms with van der Waals surface area (Å²) in [7, 11) is 0. The van der Waals surface area contributed by atoms with Crippen molar-refractivity contribution < 1.29 is 19.8 Å². The Morgan fingerprint density at radius 3 is 2.33 bits per heavy atom. The van der Waals surface area contributed by atoms with E-state index in [1.54, 1.807) is 0 Å². The summed E-state index contributed by atoms with van der Waals surface area (Å²) in [5.74, 6) is -1.10. The van der Waals surface area contributed by atoms with Crippen molar-refractivity contribution >= 4 is 24.7 Å². The van der Waals surface area contributed by atoms with Crippen molar-refractivity contribution in [3.63, 3.8) is 0 Å². The normalized spacial score (nSPS) is 28.9. The Morgan fingerprint density at radius 2 is 2.00 bits per heavy atom. The van der Waals surface area contributed by atoms with Crippen molar-refractivity contribution in [1.29, 1.82) is 0 Å². The third-order valence-corrected chi connectivity index (χ3v) is 2.18. The highest BCUT2D eigenvalue weighted by atomic mass is 32.1. The van der Waals surface area contributed by atoms with E-state index in [4.69, 9.17) is 10.2 Å². The molecule has 0 aromatic heterocycles. The molecule has 68 valence electrons. The van der Waals surface area contributed by atoms with Gasteiger partial charge in [0.25, 0.3) is 0 Å². The zero-order valence-electron chi connectivity index (χ0n) is 6.17. The third kappa shape index (κ3) is 1.63. The van der Waals surface area contributed by atoms with E-state index in [0.717, 1.165) is 4.90 Å². The van der Waals surface area contributed by atoms with Crippen LogP contribution in [-0.2, 0) is 4.79 Å². The Bertz CT molecular complexity index is 198. The molecule has 1 aliphatic rings. The molecule has 1 aliphatic heterocycles. The summed E-state index contributed by atoms with van der Waals surface area (Å²) in [5.41, 5.74) is 0. The fourth-order valence-corrected chi connectivity index (χ4v) is 1.63. The molecule has 2 N–H and O–H groups in total. The standard InChI is InChI=1S/C6H9NO4S/c8-5(9)4-1-3(12)2-7(4)6(10)11/h3-4,12H,1-2H2,(H,8,9)(H,10,11)/t3-,4+/m1/s1. The summed E-state index contributed by atoms with van der Waals surface area (Å²) in [5, 5.41) is 17.0. The zero-order chi connectivity index (χ0) is 9.30. The van der Waals surface area contributed by atoms with Gasteiger partial charge in [0.05, 0.1) is 0 Å². The second-order valence-electron chi connectivity index (χ2n) is 2.68. The van der Waals surface area contributed by atoms with Crippen molar-refractivity contribution in [3.05, 3.63) is 0 Å². The van der Waals surface area contributed by atoms with Gasteiger partial charge in [0, 0.05) is 11.8 Å². The molecule has 0 aliphatic carbocycles. The molecule has 0 aromatic rings. The van der Waals surface area contributed by atoms with Gasteiger partial charge in [0.15, 0.2) is 0 Å². The maximum absolute atomic E-state index is 10.5. The number of nitrogens with zero attached hydrogens (tertiary/aromatic N) is 1. The number of rotatable bonds is 1. The first-order valence-corrected chi connectivity index (χ1v) is 3.94. The van der Waals surface area contributed by atoms with Crippen molar-refractivity contribution in [2.24, 2.45) is 0 Å². The minimum absolute atomic E-state index is 0.165. The van der Waals surface area contributed by atoms with Crippen LogP contribution in [0.3, 0.4) is 0 Å². The minimum Gasteiger partial charge on any atom is -0.480 e. The van der Waals surface area contributed by atoms with Crippen LogP contribution in [0.25, 0.3) is 0 Å². The molecule has 1 amide bonds. The molecule has 6 heteroatoms. The van der Waals surface area contributed by atoms with E-state index in [1.165, 1.54) is 0 Å². The van der Waals surface area contributed by atoms with Crippen LogP contribution in [0.1, 0.15) is 6.42 Å². The predicted molar refractivity (Wildman–Crippen MR) is 43.5 cm³/mol. The molecular formula is C6H9NO4S. The van der Waals surface area contributed by atoms with Crippen LogP contribution in [0.4, 0.5) is 4.79 Å². The van der Waals surface area contributed by atoms with Crippen LogP contribution in [0.15, 0.2) is 0 Å². The summed E-state index contributed by atoms with van der Waals surface area (Å²) in [6.07, 6.45) is -0.913. The Morgan fingerprint density at radius 1 is 1.42 bits per heavy atom. The van der Waals surface area contributed by atoms with Gasteiger partial charge in [0.1, 0.15) is 6.04 Å². The van der Waals surface area contributed by atoms with E-state index in [1.807, 2.05) is 0 Å². The lowest BCUT2D eigenvalue weighted by Crippen LogP contribution is -2.39. The molecule has 0 aromatic carbocycles. The molecule has 12 heavy (non-hydrogen) atoms. The van der Waals surface area contributed by atoms with Gasteiger partial charge in [0.2, 0.25) is 0 Å². The Labute approximate surface area is 74.4 Å². The minimum atomic E-state index is -1.20. The van der Waals surface area contributed by atoms with Crippen LogP contribution >= 0.6 is 12.6 Å². The first-order chi connectivity index (χ1) is 5.52. The van der Waals surface area contributed by atoms with Crippen molar-refractivity contribution in [1.82, 2.24) is 4.90 Å².